The molecule has 6 heteroatoms. The summed E-state index contributed by atoms with van der Waals surface area (Å²) in [7, 11) is 0. The molecule has 1 aliphatic heterocycles. The molecule has 1 aromatic carbocycles. The van der Waals surface area contributed by atoms with Crippen molar-refractivity contribution < 1.29 is 14.0 Å². The highest BCUT2D eigenvalue weighted by Gasteiger charge is 2.25. The van der Waals surface area contributed by atoms with Crippen molar-refractivity contribution in [3.05, 3.63) is 59.7 Å². The zero-order valence-corrected chi connectivity index (χ0v) is 12.3. The third-order valence-electron chi connectivity index (χ3n) is 3.52. The molecule has 2 heterocycles. The molecule has 1 aromatic heterocycles. The fraction of sp³-hybridized carbons (Fsp3) is 0.188. The predicted molar refractivity (Wildman–Crippen MR) is 80.1 cm³/mol. The summed E-state index contributed by atoms with van der Waals surface area (Å²) in [6.07, 6.45) is 3.03. The first-order valence-electron chi connectivity index (χ1n) is 6.89. The first kappa shape index (κ1) is 14.3. The second-order valence-electron chi connectivity index (χ2n) is 5.11. The van der Waals surface area contributed by atoms with Crippen molar-refractivity contribution in [2.24, 2.45) is 0 Å². The third kappa shape index (κ3) is 2.60. The molecule has 0 fully saturated rings. The molecule has 1 unspecified atom stereocenters. The highest BCUT2D eigenvalue weighted by molar-refractivity contribution is 5.75. The Hall–Kier alpha value is -2.60. The molecular weight excluding hydrogens is 285 g/mol. The van der Waals surface area contributed by atoms with Gasteiger partial charge in [-0.2, -0.15) is 0 Å². The van der Waals surface area contributed by atoms with Crippen molar-refractivity contribution in [1.82, 2.24) is 15.4 Å². The maximum absolute atomic E-state index is 14.3. The Morgan fingerprint density at radius 2 is 2.09 bits per heavy atom. The second-order valence-corrected chi connectivity index (χ2v) is 5.11. The summed E-state index contributed by atoms with van der Waals surface area (Å²) in [4.78, 5) is 16.4. The van der Waals surface area contributed by atoms with E-state index in [1.165, 1.54) is 13.0 Å². The van der Waals surface area contributed by atoms with Gasteiger partial charge in [0.05, 0.1) is 11.4 Å². The Morgan fingerprint density at radius 1 is 1.36 bits per heavy atom. The number of hydroxylamine groups is 1. The normalized spacial score (nSPS) is 17.5. The number of benzene rings is 1. The number of nitrogens with zero attached hydrogens (tertiary/aromatic N) is 1. The number of nitrogens with one attached hydrogen (secondary N) is 2. The van der Waals surface area contributed by atoms with Crippen molar-refractivity contribution in [2.45, 2.75) is 20.1 Å². The van der Waals surface area contributed by atoms with Crippen LogP contribution in [0.5, 0.6) is 0 Å². The van der Waals surface area contributed by atoms with Gasteiger partial charge in [0.25, 0.3) is 0 Å². The average Bonchev–Trinajstić information content (AvgIpc) is 3.10. The van der Waals surface area contributed by atoms with Crippen LogP contribution >= 0.6 is 0 Å². The lowest BCUT2D eigenvalue weighted by molar-refractivity contribution is -0.122. The van der Waals surface area contributed by atoms with E-state index in [4.69, 9.17) is 4.84 Å². The van der Waals surface area contributed by atoms with Crippen molar-refractivity contribution in [3.8, 4) is 5.69 Å². The summed E-state index contributed by atoms with van der Waals surface area (Å²) in [6.45, 7) is 3.24. The van der Waals surface area contributed by atoms with Crippen LogP contribution in [-0.4, -0.2) is 16.7 Å². The van der Waals surface area contributed by atoms with Gasteiger partial charge >= 0.3 is 0 Å². The number of aromatic nitrogens is 1. The molecule has 0 saturated carbocycles. The molecule has 0 saturated heterocycles. The monoisotopic (exact) mass is 301 g/mol. The molecule has 0 radical (unpaired) electrons. The Morgan fingerprint density at radius 3 is 2.73 bits per heavy atom. The van der Waals surface area contributed by atoms with Gasteiger partial charge in [-0.05, 0) is 31.2 Å². The van der Waals surface area contributed by atoms with E-state index >= 15 is 0 Å². The van der Waals surface area contributed by atoms with Gasteiger partial charge in [-0.1, -0.05) is 6.07 Å². The predicted octanol–water partition coefficient (Wildman–Crippen LogP) is 2.34. The van der Waals surface area contributed by atoms with Gasteiger partial charge in [0, 0.05) is 30.5 Å². The fourth-order valence-electron chi connectivity index (χ4n) is 2.39. The summed E-state index contributed by atoms with van der Waals surface area (Å²) in [5, 5.41) is 2.66. The van der Waals surface area contributed by atoms with Crippen LogP contribution in [0.1, 0.15) is 19.4 Å². The van der Waals surface area contributed by atoms with Crippen LogP contribution in [0.15, 0.2) is 48.3 Å². The van der Waals surface area contributed by atoms with Gasteiger partial charge in [-0.15, -0.1) is 0 Å². The summed E-state index contributed by atoms with van der Waals surface area (Å²) < 4.78 is 16.0. The summed E-state index contributed by atoms with van der Waals surface area (Å²) in [6, 6.07) is 8.64. The molecule has 2 N–H and O–H groups in total. The van der Waals surface area contributed by atoms with Crippen LogP contribution in [0.4, 0.5) is 4.39 Å². The number of rotatable bonds is 3. The van der Waals surface area contributed by atoms with Gasteiger partial charge < -0.3 is 9.88 Å². The molecule has 1 amide bonds. The summed E-state index contributed by atoms with van der Waals surface area (Å²) in [5.74, 6) is -0.527. The van der Waals surface area contributed by atoms with Crippen molar-refractivity contribution in [1.29, 1.82) is 0 Å². The Kier molecular flexibility index (Phi) is 3.68. The van der Waals surface area contributed by atoms with Gasteiger partial charge in [0.15, 0.2) is 6.23 Å². The van der Waals surface area contributed by atoms with Crippen LogP contribution in [0.2, 0.25) is 0 Å². The van der Waals surface area contributed by atoms with E-state index < -0.39 is 6.23 Å². The molecule has 0 spiro atoms. The van der Waals surface area contributed by atoms with Gasteiger partial charge in [-0.25, -0.2) is 9.23 Å². The van der Waals surface area contributed by atoms with Crippen LogP contribution in [0, 0.1) is 5.82 Å². The Labute approximate surface area is 127 Å². The molecule has 22 heavy (non-hydrogen) atoms. The number of halogens is 1. The number of hydrogen-bond donors (Lipinski definition) is 2. The zero-order chi connectivity index (χ0) is 15.7. The smallest absolute Gasteiger partial charge is 0.219 e. The van der Waals surface area contributed by atoms with Crippen LogP contribution in [-0.2, 0) is 9.63 Å². The zero-order valence-electron chi connectivity index (χ0n) is 12.3. The SMILES string of the molecule is CC(=O)NC1ONC(c2ccc(-n3cccc3)c(F)c2)=C1C. The third-order valence-corrected chi connectivity index (χ3v) is 3.52. The second kappa shape index (κ2) is 5.65. The quantitative estimate of drug-likeness (QED) is 0.915. The molecule has 3 rings (SSSR count). The van der Waals surface area contributed by atoms with Crippen LogP contribution in [0.25, 0.3) is 11.4 Å². The maximum atomic E-state index is 14.3. The number of amides is 1. The lowest BCUT2D eigenvalue weighted by Crippen LogP contribution is -2.34. The van der Waals surface area contributed by atoms with Crippen LogP contribution < -0.4 is 10.8 Å². The van der Waals surface area contributed by atoms with Gasteiger partial charge in [0.1, 0.15) is 5.82 Å². The molecule has 1 atom stereocenters. The molecule has 1 aliphatic rings. The molecule has 0 aliphatic carbocycles. The molecule has 5 nitrogen and oxygen atoms in total. The van der Waals surface area contributed by atoms with E-state index in [1.54, 1.807) is 23.0 Å². The maximum Gasteiger partial charge on any atom is 0.219 e. The van der Waals surface area contributed by atoms with Gasteiger partial charge in [-0.3, -0.25) is 10.3 Å². The molecule has 2 aromatic rings. The Bertz CT molecular complexity index is 738. The number of carbonyl (C=O) groups is 1. The topological polar surface area (TPSA) is 55.3 Å². The van der Waals surface area contributed by atoms with E-state index in [1.807, 2.05) is 25.1 Å². The highest BCUT2D eigenvalue weighted by Crippen LogP contribution is 2.26. The lowest BCUT2D eigenvalue weighted by atomic mass is 10.1. The highest BCUT2D eigenvalue weighted by atomic mass is 19.1. The first-order chi connectivity index (χ1) is 10.6. The largest absolute Gasteiger partial charge is 0.325 e. The van der Waals surface area contributed by atoms with Gasteiger partial charge in [0.2, 0.25) is 5.91 Å². The minimum atomic E-state index is -0.542. The molecular formula is C16H16FN3O2. The molecule has 114 valence electrons. The first-order valence-corrected chi connectivity index (χ1v) is 6.89. The minimum absolute atomic E-state index is 0.193. The van der Waals surface area contributed by atoms with E-state index in [0.717, 1.165) is 5.57 Å². The lowest BCUT2D eigenvalue weighted by Gasteiger charge is -2.09. The van der Waals surface area contributed by atoms with Crippen molar-refractivity contribution in [2.75, 3.05) is 0 Å². The average molecular weight is 301 g/mol. The Balaban J connectivity index is 1.91. The fourth-order valence-corrected chi connectivity index (χ4v) is 2.39. The summed E-state index contributed by atoms with van der Waals surface area (Å²) in [5.41, 5.74) is 5.35. The van der Waals surface area contributed by atoms with E-state index in [9.17, 15) is 9.18 Å². The van der Waals surface area contributed by atoms with E-state index in [-0.39, 0.29) is 11.7 Å². The van der Waals surface area contributed by atoms with Crippen LogP contribution in [0.3, 0.4) is 0 Å². The summed E-state index contributed by atoms with van der Waals surface area (Å²) >= 11 is 0. The number of hydrogen-bond acceptors (Lipinski definition) is 3. The molecule has 0 bridgehead atoms. The number of carbonyl (C=O) groups excluding carboxylic acids is 1. The minimum Gasteiger partial charge on any atom is -0.325 e. The standard InChI is InChI=1S/C16H16FN3O2/c1-10-15(19-22-16(10)18-11(2)21)12-5-6-14(13(17)9-12)20-7-3-4-8-20/h3-9,16,19H,1-2H3,(H,18,21). The van der Waals surface area contributed by atoms with Crippen molar-refractivity contribution in [3.63, 3.8) is 0 Å². The van der Waals surface area contributed by atoms with E-state index in [0.29, 0.717) is 16.9 Å². The van der Waals surface area contributed by atoms with E-state index in [2.05, 4.69) is 10.8 Å². The van der Waals surface area contributed by atoms with Crippen molar-refractivity contribution >= 4 is 11.6 Å².